The van der Waals surface area contributed by atoms with Gasteiger partial charge in [0.25, 0.3) is 5.91 Å². The van der Waals surface area contributed by atoms with Crippen LogP contribution in [0.4, 0.5) is 11.4 Å². The Morgan fingerprint density at radius 3 is 2.28 bits per heavy atom. The van der Waals surface area contributed by atoms with E-state index in [1.165, 1.54) is 0 Å². The molecule has 0 aliphatic rings. The smallest absolute Gasteiger partial charge is 0.262 e. The fourth-order valence-corrected chi connectivity index (χ4v) is 4.80. The first-order valence-electron chi connectivity index (χ1n) is 10.9. The lowest BCUT2D eigenvalue weighted by molar-refractivity contribution is -0.118. The Hall–Kier alpha value is -3.13. The minimum absolute atomic E-state index is 0.159. The summed E-state index contributed by atoms with van der Waals surface area (Å²) in [6.07, 6.45) is 1.75. The predicted molar refractivity (Wildman–Crippen MR) is 152 cm³/mol. The molecule has 182 valence electrons. The van der Waals surface area contributed by atoms with Crippen LogP contribution >= 0.6 is 43.5 Å². The molecule has 0 aliphatic carbocycles. The number of rotatable bonds is 8. The van der Waals surface area contributed by atoms with Gasteiger partial charge in [0.1, 0.15) is 17.2 Å². The summed E-state index contributed by atoms with van der Waals surface area (Å²) in [6, 6.07) is 26.2. The minimum atomic E-state index is -0.293. The number of nitrogens with zero attached hydrogens (tertiary/aromatic N) is 1. The van der Waals surface area contributed by atoms with Crippen LogP contribution in [0, 0.1) is 6.92 Å². The van der Waals surface area contributed by atoms with Gasteiger partial charge in [-0.2, -0.15) is 0 Å². The molecule has 1 amide bonds. The number of hydrogen-bond donors (Lipinski definition) is 1. The number of anilines is 1. The van der Waals surface area contributed by atoms with Gasteiger partial charge in [-0.3, -0.25) is 9.79 Å². The zero-order chi connectivity index (χ0) is 25.5. The van der Waals surface area contributed by atoms with Crippen molar-refractivity contribution >= 4 is 67.0 Å². The number of amides is 1. The Morgan fingerprint density at radius 1 is 0.944 bits per heavy atom. The molecule has 0 radical (unpaired) electrons. The maximum Gasteiger partial charge on any atom is 0.262 e. The molecule has 4 rings (SSSR count). The molecule has 0 saturated carbocycles. The van der Waals surface area contributed by atoms with Crippen LogP contribution in [0.15, 0.2) is 98.9 Å². The Bertz CT molecular complexity index is 1370. The second-order valence-corrected chi connectivity index (χ2v) is 9.90. The van der Waals surface area contributed by atoms with Gasteiger partial charge in [0.05, 0.1) is 14.6 Å². The highest BCUT2D eigenvalue weighted by Gasteiger charge is 2.12. The number of nitrogens with one attached hydrogen (secondary N) is 1. The molecule has 0 atom stereocenters. The van der Waals surface area contributed by atoms with Crippen LogP contribution in [0.2, 0.25) is 5.02 Å². The zero-order valence-electron chi connectivity index (χ0n) is 19.2. The minimum Gasteiger partial charge on any atom is -0.481 e. The molecule has 0 spiro atoms. The highest BCUT2D eigenvalue weighted by atomic mass is 79.9. The molecule has 36 heavy (non-hydrogen) atoms. The van der Waals surface area contributed by atoms with Crippen molar-refractivity contribution in [2.24, 2.45) is 4.99 Å². The number of para-hydroxylation sites is 1. The van der Waals surface area contributed by atoms with Gasteiger partial charge in [-0.15, -0.1) is 0 Å². The average molecular weight is 629 g/mol. The van der Waals surface area contributed by atoms with Gasteiger partial charge in [0.15, 0.2) is 6.61 Å². The van der Waals surface area contributed by atoms with Crippen molar-refractivity contribution in [3.05, 3.63) is 110 Å². The van der Waals surface area contributed by atoms with Crippen molar-refractivity contribution in [3.8, 4) is 17.2 Å². The topological polar surface area (TPSA) is 59.9 Å². The molecular weight excluding hydrogens is 608 g/mol. The number of ether oxygens (including phenoxy) is 2. The molecule has 0 aliphatic heterocycles. The normalized spacial score (nSPS) is 10.9. The number of halogens is 3. The van der Waals surface area contributed by atoms with Crippen LogP contribution in [0.25, 0.3) is 0 Å². The lowest BCUT2D eigenvalue weighted by Crippen LogP contribution is -2.20. The molecule has 1 N–H and O–H groups in total. The van der Waals surface area contributed by atoms with E-state index in [1.807, 2.05) is 79.7 Å². The van der Waals surface area contributed by atoms with E-state index in [9.17, 15) is 4.79 Å². The van der Waals surface area contributed by atoms with E-state index in [0.29, 0.717) is 25.4 Å². The number of aliphatic imine (C=N–C) groups is 1. The van der Waals surface area contributed by atoms with E-state index in [0.717, 1.165) is 28.3 Å². The zero-order valence-corrected chi connectivity index (χ0v) is 23.1. The van der Waals surface area contributed by atoms with Gasteiger partial charge in [-0.25, -0.2) is 0 Å². The Kier molecular flexibility index (Phi) is 8.80. The second-order valence-electron chi connectivity index (χ2n) is 7.78. The van der Waals surface area contributed by atoms with Crippen LogP contribution in [0.5, 0.6) is 17.2 Å². The quantitative estimate of drug-likeness (QED) is 0.199. The number of aryl methyl sites for hydroxylation is 1. The highest BCUT2D eigenvalue weighted by Crippen LogP contribution is 2.35. The third-order valence-electron chi connectivity index (χ3n) is 5.00. The summed E-state index contributed by atoms with van der Waals surface area (Å²) in [5.41, 5.74) is 3.19. The Morgan fingerprint density at radius 2 is 1.61 bits per heavy atom. The van der Waals surface area contributed by atoms with Crippen molar-refractivity contribution in [2.75, 3.05) is 11.9 Å². The van der Waals surface area contributed by atoms with Crippen molar-refractivity contribution in [3.63, 3.8) is 0 Å². The van der Waals surface area contributed by atoms with Crippen LogP contribution in [-0.4, -0.2) is 18.7 Å². The lowest BCUT2D eigenvalue weighted by atomic mass is 10.2. The van der Waals surface area contributed by atoms with Crippen LogP contribution in [0.1, 0.15) is 11.1 Å². The van der Waals surface area contributed by atoms with Crippen molar-refractivity contribution in [1.29, 1.82) is 0 Å². The summed E-state index contributed by atoms with van der Waals surface area (Å²) in [7, 11) is 0. The summed E-state index contributed by atoms with van der Waals surface area (Å²) < 4.78 is 12.9. The number of benzene rings is 4. The summed E-state index contributed by atoms with van der Waals surface area (Å²) in [4.78, 5) is 16.9. The van der Waals surface area contributed by atoms with Gasteiger partial charge in [-0.05, 0) is 111 Å². The van der Waals surface area contributed by atoms with E-state index in [-0.39, 0.29) is 12.5 Å². The standard InChI is InChI=1S/C28H21Br2ClN2O3/c1-18-7-8-21(15-26(18)31)33-27(34)17-35-28-24(29)13-19(14-25(28)30)16-32-20-9-11-23(12-10-20)36-22-5-3-2-4-6-22/h2-16H,17H2,1H3,(H,33,34). The number of carbonyl (C=O) groups excluding carboxylic acids is 1. The molecule has 4 aromatic carbocycles. The maximum atomic E-state index is 12.3. The van der Waals surface area contributed by atoms with E-state index in [2.05, 4.69) is 42.2 Å². The fourth-order valence-electron chi connectivity index (χ4n) is 3.17. The molecule has 0 heterocycles. The van der Waals surface area contributed by atoms with E-state index in [1.54, 1.807) is 18.3 Å². The summed E-state index contributed by atoms with van der Waals surface area (Å²) in [6.45, 7) is 1.74. The summed E-state index contributed by atoms with van der Waals surface area (Å²) in [5.74, 6) is 1.75. The average Bonchev–Trinajstić information content (AvgIpc) is 2.86. The first-order valence-corrected chi connectivity index (χ1v) is 12.9. The van der Waals surface area contributed by atoms with Crippen LogP contribution in [-0.2, 0) is 4.79 Å². The lowest BCUT2D eigenvalue weighted by Gasteiger charge is -2.12. The number of carbonyl (C=O) groups is 1. The van der Waals surface area contributed by atoms with Gasteiger partial charge in [-0.1, -0.05) is 35.9 Å². The maximum absolute atomic E-state index is 12.3. The molecule has 0 saturated heterocycles. The molecule has 0 unspecified atom stereocenters. The highest BCUT2D eigenvalue weighted by molar-refractivity contribution is 9.11. The van der Waals surface area contributed by atoms with E-state index < -0.39 is 0 Å². The fraction of sp³-hybridized carbons (Fsp3) is 0.0714. The largest absolute Gasteiger partial charge is 0.481 e. The molecule has 0 fully saturated rings. The van der Waals surface area contributed by atoms with E-state index in [4.69, 9.17) is 21.1 Å². The number of hydrogen-bond acceptors (Lipinski definition) is 4. The monoisotopic (exact) mass is 626 g/mol. The first-order chi connectivity index (χ1) is 17.4. The van der Waals surface area contributed by atoms with Crippen molar-refractivity contribution < 1.29 is 14.3 Å². The predicted octanol–water partition coefficient (Wildman–Crippen LogP) is 8.73. The van der Waals surface area contributed by atoms with Gasteiger partial charge in [0, 0.05) is 16.9 Å². The molecule has 8 heteroatoms. The molecule has 4 aromatic rings. The van der Waals surface area contributed by atoms with Crippen LogP contribution in [0.3, 0.4) is 0 Å². The van der Waals surface area contributed by atoms with E-state index >= 15 is 0 Å². The molecular formula is C28H21Br2ClN2O3. The van der Waals surface area contributed by atoms with Crippen molar-refractivity contribution in [2.45, 2.75) is 6.92 Å². The van der Waals surface area contributed by atoms with Gasteiger partial charge >= 0.3 is 0 Å². The summed E-state index contributed by atoms with van der Waals surface area (Å²) >= 11 is 13.2. The third-order valence-corrected chi connectivity index (χ3v) is 6.59. The third kappa shape index (κ3) is 7.20. The van der Waals surface area contributed by atoms with Crippen molar-refractivity contribution in [1.82, 2.24) is 0 Å². The SMILES string of the molecule is Cc1ccc(NC(=O)COc2c(Br)cc(C=Nc3ccc(Oc4ccccc4)cc3)cc2Br)cc1Cl. The summed E-state index contributed by atoms with van der Waals surface area (Å²) in [5, 5.41) is 3.37. The van der Waals surface area contributed by atoms with Gasteiger partial charge < -0.3 is 14.8 Å². The molecule has 5 nitrogen and oxygen atoms in total. The second kappa shape index (κ2) is 12.2. The first kappa shape index (κ1) is 25.9. The molecule has 0 aromatic heterocycles. The van der Waals surface area contributed by atoms with Crippen LogP contribution < -0.4 is 14.8 Å². The Labute approximate surface area is 231 Å². The van der Waals surface area contributed by atoms with Gasteiger partial charge in [0.2, 0.25) is 0 Å². The molecule has 0 bridgehead atoms. The Balaban J connectivity index is 1.35.